The first-order valence-corrected chi connectivity index (χ1v) is 10.2. The van der Waals surface area contributed by atoms with Gasteiger partial charge in [-0.1, -0.05) is 29.8 Å². The van der Waals surface area contributed by atoms with Gasteiger partial charge in [-0.25, -0.2) is 4.98 Å². The van der Waals surface area contributed by atoms with Crippen molar-refractivity contribution >= 4 is 17.2 Å². The normalized spacial score (nSPS) is 19.4. The molecule has 6 heteroatoms. The molecular weight excluding hydrogens is 360 g/mol. The van der Waals surface area contributed by atoms with Crippen LogP contribution >= 0.6 is 11.3 Å². The lowest BCUT2D eigenvalue weighted by Gasteiger charge is -2.30. The zero-order valence-corrected chi connectivity index (χ0v) is 17.3. The van der Waals surface area contributed by atoms with Crippen LogP contribution in [0.3, 0.4) is 0 Å². The predicted octanol–water partition coefficient (Wildman–Crippen LogP) is 3.62. The van der Waals surface area contributed by atoms with Crippen LogP contribution in [0.5, 0.6) is 0 Å². The lowest BCUT2D eigenvalue weighted by atomic mass is 10.1. The molecule has 1 fully saturated rings. The van der Waals surface area contributed by atoms with Gasteiger partial charge in [-0.2, -0.15) is 0 Å². The lowest BCUT2D eigenvalue weighted by Crippen LogP contribution is -2.46. The Morgan fingerprint density at radius 2 is 2.07 bits per heavy atom. The standard InChI is InChI=1S/C21H28N2O3S/c1-14-5-7-17(8-6-14)21-19(27-16(3)22-21)13-20(24)23(10-12-25-4)18-9-11-26-15(18)2/h5-8,15,18H,9-13H2,1-4H3/t15-,18+/m0/s1. The summed E-state index contributed by atoms with van der Waals surface area (Å²) in [6, 6.07) is 8.43. The summed E-state index contributed by atoms with van der Waals surface area (Å²) in [5.74, 6) is 0.117. The molecule has 146 valence electrons. The van der Waals surface area contributed by atoms with Crippen LogP contribution in [0.15, 0.2) is 24.3 Å². The maximum absolute atomic E-state index is 13.2. The van der Waals surface area contributed by atoms with Crippen molar-refractivity contribution < 1.29 is 14.3 Å². The van der Waals surface area contributed by atoms with Crippen molar-refractivity contribution in [2.24, 2.45) is 0 Å². The highest BCUT2D eigenvalue weighted by Gasteiger charge is 2.33. The van der Waals surface area contributed by atoms with Crippen molar-refractivity contribution in [1.82, 2.24) is 9.88 Å². The summed E-state index contributed by atoms with van der Waals surface area (Å²) < 4.78 is 10.9. The Morgan fingerprint density at radius 3 is 2.70 bits per heavy atom. The van der Waals surface area contributed by atoms with Gasteiger partial charge in [-0.05, 0) is 27.2 Å². The fourth-order valence-corrected chi connectivity index (χ4v) is 4.51. The minimum atomic E-state index is 0.0607. The number of rotatable bonds is 7. The number of aromatic nitrogens is 1. The van der Waals surface area contributed by atoms with Gasteiger partial charge >= 0.3 is 0 Å². The van der Waals surface area contributed by atoms with E-state index in [4.69, 9.17) is 14.5 Å². The number of hydrogen-bond donors (Lipinski definition) is 0. The molecule has 2 heterocycles. The molecule has 0 radical (unpaired) electrons. The topological polar surface area (TPSA) is 51.7 Å². The average molecular weight is 389 g/mol. The van der Waals surface area contributed by atoms with E-state index in [-0.39, 0.29) is 18.1 Å². The highest BCUT2D eigenvalue weighted by atomic mass is 32.1. The summed E-state index contributed by atoms with van der Waals surface area (Å²) in [7, 11) is 1.67. The molecule has 1 aliphatic rings. The van der Waals surface area contributed by atoms with Crippen LogP contribution in [0.4, 0.5) is 0 Å². The second kappa shape index (κ2) is 8.95. The van der Waals surface area contributed by atoms with E-state index in [1.54, 1.807) is 18.4 Å². The first kappa shape index (κ1) is 20.0. The molecule has 0 bridgehead atoms. The SMILES string of the molecule is COCCN(C(=O)Cc1sc(C)nc1-c1ccc(C)cc1)[C@@H]1CCO[C@H]1C. The first-order chi connectivity index (χ1) is 13.0. The Balaban J connectivity index is 1.82. The largest absolute Gasteiger partial charge is 0.383 e. The number of aryl methyl sites for hydroxylation is 2. The third kappa shape index (κ3) is 4.75. The molecule has 0 unspecified atom stereocenters. The molecular formula is C21H28N2O3S. The van der Waals surface area contributed by atoms with Crippen LogP contribution in [0.25, 0.3) is 11.3 Å². The number of methoxy groups -OCH3 is 1. The summed E-state index contributed by atoms with van der Waals surface area (Å²) in [4.78, 5) is 20.9. The summed E-state index contributed by atoms with van der Waals surface area (Å²) >= 11 is 1.61. The maximum Gasteiger partial charge on any atom is 0.228 e. The van der Waals surface area contributed by atoms with Crippen molar-refractivity contribution in [3.8, 4) is 11.3 Å². The van der Waals surface area contributed by atoms with Crippen LogP contribution in [-0.2, 0) is 20.7 Å². The van der Waals surface area contributed by atoms with E-state index >= 15 is 0 Å². The van der Waals surface area contributed by atoms with Crippen molar-refractivity contribution in [2.75, 3.05) is 26.9 Å². The maximum atomic E-state index is 13.2. The van der Waals surface area contributed by atoms with Gasteiger partial charge in [0.05, 0.1) is 35.9 Å². The van der Waals surface area contributed by atoms with E-state index in [1.165, 1.54) is 5.56 Å². The number of ether oxygens (including phenoxy) is 2. The summed E-state index contributed by atoms with van der Waals surface area (Å²) in [5.41, 5.74) is 3.20. The van der Waals surface area contributed by atoms with E-state index in [1.807, 2.05) is 18.7 Å². The number of amides is 1. The Hall–Kier alpha value is -1.76. The van der Waals surface area contributed by atoms with Crippen molar-refractivity contribution in [1.29, 1.82) is 0 Å². The van der Waals surface area contributed by atoms with Gasteiger partial charge in [0.25, 0.3) is 0 Å². The van der Waals surface area contributed by atoms with Gasteiger partial charge in [0, 0.05) is 30.7 Å². The Bertz CT molecular complexity index is 772. The molecule has 1 aliphatic heterocycles. The molecule has 1 saturated heterocycles. The molecule has 3 rings (SSSR count). The predicted molar refractivity (Wildman–Crippen MR) is 108 cm³/mol. The Labute approximate surface area is 165 Å². The minimum absolute atomic E-state index is 0.0607. The van der Waals surface area contributed by atoms with Crippen molar-refractivity contribution in [3.05, 3.63) is 39.7 Å². The van der Waals surface area contributed by atoms with Gasteiger partial charge in [0.15, 0.2) is 0 Å². The average Bonchev–Trinajstić information content (AvgIpc) is 3.22. The summed E-state index contributed by atoms with van der Waals surface area (Å²) in [6.07, 6.45) is 1.30. The molecule has 2 atom stereocenters. The molecule has 2 aromatic rings. The fraction of sp³-hybridized carbons (Fsp3) is 0.524. The number of carbonyl (C=O) groups is 1. The first-order valence-electron chi connectivity index (χ1n) is 9.43. The second-order valence-corrected chi connectivity index (χ2v) is 8.35. The quantitative estimate of drug-likeness (QED) is 0.727. The van der Waals surface area contributed by atoms with Crippen LogP contribution < -0.4 is 0 Å². The molecule has 0 N–H and O–H groups in total. The number of benzene rings is 1. The van der Waals surface area contributed by atoms with Crippen molar-refractivity contribution in [2.45, 2.75) is 45.8 Å². The molecule has 0 spiro atoms. The summed E-state index contributed by atoms with van der Waals surface area (Å²) in [6.45, 7) is 7.92. The number of thiazole rings is 1. The molecule has 27 heavy (non-hydrogen) atoms. The van der Waals surface area contributed by atoms with E-state index in [0.29, 0.717) is 26.2 Å². The van der Waals surface area contributed by atoms with Crippen LogP contribution in [-0.4, -0.2) is 54.8 Å². The van der Waals surface area contributed by atoms with E-state index < -0.39 is 0 Å². The van der Waals surface area contributed by atoms with Gasteiger partial charge < -0.3 is 14.4 Å². The van der Waals surface area contributed by atoms with Gasteiger partial charge in [0.1, 0.15) is 0 Å². The molecule has 1 aromatic heterocycles. The van der Waals surface area contributed by atoms with Crippen molar-refractivity contribution in [3.63, 3.8) is 0 Å². The summed E-state index contributed by atoms with van der Waals surface area (Å²) in [5, 5.41) is 0.981. The molecule has 0 aliphatic carbocycles. The van der Waals surface area contributed by atoms with Gasteiger partial charge in [-0.3, -0.25) is 4.79 Å². The monoisotopic (exact) mass is 388 g/mol. The number of carbonyl (C=O) groups excluding carboxylic acids is 1. The van der Waals surface area contributed by atoms with E-state index in [0.717, 1.165) is 27.6 Å². The highest BCUT2D eigenvalue weighted by molar-refractivity contribution is 7.12. The number of hydrogen-bond acceptors (Lipinski definition) is 5. The Morgan fingerprint density at radius 1 is 1.33 bits per heavy atom. The van der Waals surface area contributed by atoms with Crippen LogP contribution in [0.1, 0.15) is 28.8 Å². The minimum Gasteiger partial charge on any atom is -0.383 e. The molecule has 1 aromatic carbocycles. The Kier molecular flexibility index (Phi) is 6.63. The van der Waals surface area contributed by atoms with Crippen LogP contribution in [0, 0.1) is 13.8 Å². The zero-order valence-electron chi connectivity index (χ0n) is 16.5. The molecule has 0 saturated carbocycles. The van der Waals surface area contributed by atoms with Gasteiger partial charge in [-0.15, -0.1) is 11.3 Å². The lowest BCUT2D eigenvalue weighted by molar-refractivity contribution is -0.134. The van der Waals surface area contributed by atoms with Gasteiger partial charge in [0.2, 0.25) is 5.91 Å². The second-order valence-electron chi connectivity index (χ2n) is 7.06. The smallest absolute Gasteiger partial charge is 0.228 e. The van der Waals surface area contributed by atoms with Crippen LogP contribution in [0.2, 0.25) is 0 Å². The zero-order chi connectivity index (χ0) is 19.4. The van der Waals surface area contributed by atoms with E-state index in [9.17, 15) is 4.79 Å². The van der Waals surface area contributed by atoms with E-state index in [2.05, 4.69) is 31.2 Å². The third-order valence-corrected chi connectivity index (χ3v) is 6.01. The highest BCUT2D eigenvalue weighted by Crippen LogP contribution is 2.30. The third-order valence-electron chi connectivity index (χ3n) is 5.03. The number of nitrogens with zero attached hydrogens (tertiary/aromatic N) is 2. The molecule has 1 amide bonds. The molecule has 5 nitrogen and oxygen atoms in total. The fourth-order valence-electron chi connectivity index (χ4n) is 3.56.